The Labute approximate surface area is 115 Å². The number of hydrogen-bond donors (Lipinski definition) is 1. The molecule has 0 amide bonds. The Morgan fingerprint density at radius 2 is 2.22 bits per heavy atom. The van der Waals surface area contributed by atoms with Crippen LogP contribution in [-0.2, 0) is 6.54 Å². The third-order valence-corrected chi connectivity index (χ3v) is 4.03. The fourth-order valence-electron chi connectivity index (χ4n) is 2.53. The molecule has 0 saturated carbocycles. The molecular weight excluding hydrogens is 246 g/mol. The van der Waals surface area contributed by atoms with E-state index in [0.29, 0.717) is 6.04 Å². The highest BCUT2D eigenvalue weighted by atomic mass is 35.5. The topological polar surface area (TPSA) is 32.5 Å². The molecule has 0 radical (unpaired) electrons. The molecule has 1 saturated heterocycles. The van der Waals surface area contributed by atoms with Crippen molar-refractivity contribution in [3.05, 3.63) is 28.8 Å². The van der Waals surface area contributed by atoms with Gasteiger partial charge in [0.1, 0.15) is 0 Å². The molecule has 0 aromatic heterocycles. The molecular formula is C14H22ClN3. The zero-order valence-electron chi connectivity index (χ0n) is 11.2. The Balaban J connectivity index is 2.00. The van der Waals surface area contributed by atoms with Gasteiger partial charge in [0.2, 0.25) is 0 Å². The van der Waals surface area contributed by atoms with Crippen molar-refractivity contribution in [1.82, 2.24) is 9.80 Å². The minimum Gasteiger partial charge on any atom is -0.399 e. The molecule has 1 aliphatic rings. The minimum atomic E-state index is 0.659. The van der Waals surface area contributed by atoms with Crippen molar-refractivity contribution >= 4 is 17.3 Å². The van der Waals surface area contributed by atoms with Crippen LogP contribution in [0.2, 0.25) is 5.02 Å². The maximum absolute atomic E-state index is 6.23. The Bertz CT molecular complexity index is 406. The maximum atomic E-state index is 6.23. The molecule has 1 aromatic carbocycles. The largest absolute Gasteiger partial charge is 0.399 e. The van der Waals surface area contributed by atoms with Crippen molar-refractivity contribution in [3.8, 4) is 0 Å². The molecule has 0 aliphatic carbocycles. The first-order valence-corrected chi connectivity index (χ1v) is 6.87. The van der Waals surface area contributed by atoms with E-state index in [1.165, 1.54) is 18.4 Å². The first-order chi connectivity index (χ1) is 8.56. The van der Waals surface area contributed by atoms with E-state index in [2.05, 4.69) is 23.9 Å². The van der Waals surface area contributed by atoms with Crippen LogP contribution in [0.4, 0.5) is 5.69 Å². The zero-order chi connectivity index (χ0) is 13.1. The average Bonchev–Trinajstić information content (AvgIpc) is 2.33. The van der Waals surface area contributed by atoms with Crippen molar-refractivity contribution in [3.63, 3.8) is 0 Å². The van der Waals surface area contributed by atoms with Gasteiger partial charge in [-0.05, 0) is 51.2 Å². The molecule has 1 atom stereocenters. The lowest BCUT2D eigenvalue weighted by atomic mass is 10.0. The first-order valence-electron chi connectivity index (χ1n) is 6.49. The zero-order valence-corrected chi connectivity index (χ0v) is 12.0. The lowest BCUT2D eigenvalue weighted by Crippen LogP contribution is -2.44. The number of likely N-dealkylation sites (tertiary alicyclic amines) is 1. The summed E-state index contributed by atoms with van der Waals surface area (Å²) in [5.74, 6) is 0. The van der Waals surface area contributed by atoms with Crippen LogP contribution >= 0.6 is 11.6 Å². The highest BCUT2D eigenvalue weighted by Crippen LogP contribution is 2.23. The van der Waals surface area contributed by atoms with Gasteiger partial charge in [-0.15, -0.1) is 0 Å². The summed E-state index contributed by atoms with van der Waals surface area (Å²) < 4.78 is 0. The van der Waals surface area contributed by atoms with Crippen molar-refractivity contribution < 1.29 is 0 Å². The Morgan fingerprint density at radius 1 is 1.44 bits per heavy atom. The van der Waals surface area contributed by atoms with Crippen LogP contribution in [0.1, 0.15) is 18.4 Å². The number of nitrogen functional groups attached to an aromatic ring is 1. The van der Waals surface area contributed by atoms with Crippen molar-refractivity contribution in [2.75, 3.05) is 32.9 Å². The summed E-state index contributed by atoms with van der Waals surface area (Å²) in [4.78, 5) is 4.79. The molecule has 100 valence electrons. The van der Waals surface area contributed by atoms with Gasteiger partial charge in [0.25, 0.3) is 0 Å². The normalized spacial score (nSPS) is 21.4. The molecule has 4 heteroatoms. The van der Waals surface area contributed by atoms with Gasteiger partial charge in [-0.25, -0.2) is 0 Å². The first kappa shape index (κ1) is 13.7. The van der Waals surface area contributed by atoms with E-state index in [4.69, 9.17) is 17.3 Å². The lowest BCUT2D eigenvalue weighted by molar-refractivity contribution is 0.128. The summed E-state index contributed by atoms with van der Waals surface area (Å²) in [6.45, 7) is 3.20. The number of hydrogen-bond acceptors (Lipinski definition) is 3. The van der Waals surface area contributed by atoms with Gasteiger partial charge >= 0.3 is 0 Å². The fraction of sp³-hybridized carbons (Fsp3) is 0.571. The molecule has 18 heavy (non-hydrogen) atoms. The van der Waals surface area contributed by atoms with Crippen LogP contribution in [0.15, 0.2) is 18.2 Å². The van der Waals surface area contributed by atoms with Crippen LogP contribution in [-0.4, -0.2) is 43.0 Å². The molecule has 1 aliphatic heterocycles. The van der Waals surface area contributed by atoms with Gasteiger partial charge in [0.05, 0.1) is 0 Å². The summed E-state index contributed by atoms with van der Waals surface area (Å²) in [5, 5.41) is 0.780. The fourth-order valence-corrected chi connectivity index (χ4v) is 2.78. The third-order valence-electron chi connectivity index (χ3n) is 3.68. The quantitative estimate of drug-likeness (QED) is 0.854. The standard InChI is InChI=1S/C14H22ClN3/c1-17(2)13-4-3-7-18(10-13)9-11-5-6-12(16)8-14(11)15/h5-6,8,13H,3-4,7,9-10,16H2,1-2H3. The van der Waals surface area contributed by atoms with E-state index >= 15 is 0 Å². The monoisotopic (exact) mass is 267 g/mol. The molecule has 2 rings (SSSR count). The van der Waals surface area contributed by atoms with Crippen LogP contribution < -0.4 is 5.73 Å². The van der Waals surface area contributed by atoms with E-state index in [0.717, 1.165) is 30.3 Å². The second-order valence-corrected chi connectivity index (χ2v) is 5.75. The number of piperidine rings is 1. The summed E-state index contributed by atoms with van der Waals surface area (Å²) >= 11 is 6.23. The summed E-state index contributed by atoms with van der Waals surface area (Å²) in [7, 11) is 4.31. The Kier molecular flexibility index (Phi) is 4.49. The number of rotatable bonds is 3. The number of anilines is 1. The number of nitrogens with two attached hydrogens (primary N) is 1. The summed E-state index contributed by atoms with van der Waals surface area (Å²) in [5.41, 5.74) is 7.62. The molecule has 1 heterocycles. The molecule has 3 nitrogen and oxygen atoms in total. The van der Waals surface area contributed by atoms with Crippen molar-refractivity contribution in [1.29, 1.82) is 0 Å². The Hall–Kier alpha value is -0.770. The molecule has 0 spiro atoms. The highest BCUT2D eigenvalue weighted by molar-refractivity contribution is 6.31. The number of benzene rings is 1. The molecule has 1 aromatic rings. The summed E-state index contributed by atoms with van der Waals surface area (Å²) in [6.07, 6.45) is 2.55. The minimum absolute atomic E-state index is 0.659. The van der Waals surface area contributed by atoms with Crippen LogP contribution in [0.5, 0.6) is 0 Å². The maximum Gasteiger partial charge on any atom is 0.0471 e. The smallest absolute Gasteiger partial charge is 0.0471 e. The van der Waals surface area contributed by atoms with Crippen molar-refractivity contribution in [2.45, 2.75) is 25.4 Å². The van der Waals surface area contributed by atoms with Gasteiger partial charge in [-0.3, -0.25) is 4.90 Å². The molecule has 1 unspecified atom stereocenters. The number of likely N-dealkylation sites (N-methyl/N-ethyl adjacent to an activating group) is 1. The predicted molar refractivity (Wildman–Crippen MR) is 77.9 cm³/mol. The van der Waals surface area contributed by atoms with Crippen molar-refractivity contribution in [2.24, 2.45) is 0 Å². The summed E-state index contributed by atoms with van der Waals surface area (Å²) in [6, 6.07) is 6.46. The van der Waals surface area contributed by atoms with Crippen LogP contribution in [0, 0.1) is 0 Å². The van der Waals surface area contributed by atoms with Gasteiger partial charge in [-0.2, -0.15) is 0 Å². The third kappa shape index (κ3) is 3.37. The average molecular weight is 268 g/mol. The van der Waals surface area contributed by atoms with Crippen LogP contribution in [0.3, 0.4) is 0 Å². The Morgan fingerprint density at radius 3 is 2.89 bits per heavy atom. The van der Waals surface area contributed by atoms with E-state index in [1.807, 2.05) is 18.2 Å². The molecule has 1 fully saturated rings. The predicted octanol–water partition coefficient (Wildman–Crippen LogP) is 2.45. The second kappa shape index (κ2) is 5.91. The van der Waals surface area contributed by atoms with E-state index in [-0.39, 0.29) is 0 Å². The van der Waals surface area contributed by atoms with Gasteiger partial charge in [0, 0.05) is 29.8 Å². The number of halogens is 1. The molecule has 0 bridgehead atoms. The highest BCUT2D eigenvalue weighted by Gasteiger charge is 2.21. The molecule has 2 N–H and O–H groups in total. The van der Waals surface area contributed by atoms with E-state index in [9.17, 15) is 0 Å². The van der Waals surface area contributed by atoms with E-state index in [1.54, 1.807) is 0 Å². The second-order valence-electron chi connectivity index (χ2n) is 5.35. The van der Waals surface area contributed by atoms with Crippen LogP contribution in [0.25, 0.3) is 0 Å². The SMILES string of the molecule is CN(C)C1CCCN(Cc2ccc(N)cc2Cl)C1. The van der Waals surface area contributed by atoms with Gasteiger partial charge < -0.3 is 10.6 Å². The van der Waals surface area contributed by atoms with Gasteiger partial charge in [-0.1, -0.05) is 17.7 Å². The number of nitrogens with zero attached hydrogens (tertiary/aromatic N) is 2. The lowest BCUT2D eigenvalue weighted by Gasteiger charge is -2.36. The van der Waals surface area contributed by atoms with E-state index < -0.39 is 0 Å². The van der Waals surface area contributed by atoms with Gasteiger partial charge in [0.15, 0.2) is 0 Å².